The number of likely N-dealkylation sites (N-methyl/N-ethyl adjacent to an activating group) is 1. The number of ether oxygens (including phenoxy) is 2. The minimum atomic E-state index is -0.0528. The van der Waals surface area contributed by atoms with E-state index >= 15 is 0 Å². The van der Waals surface area contributed by atoms with E-state index in [1.165, 1.54) is 6.42 Å². The van der Waals surface area contributed by atoms with Crippen molar-refractivity contribution in [2.75, 3.05) is 47.4 Å². The van der Waals surface area contributed by atoms with Gasteiger partial charge in [0.05, 0.1) is 14.2 Å². The molecule has 0 spiro atoms. The van der Waals surface area contributed by atoms with E-state index in [-0.39, 0.29) is 11.6 Å². The molecule has 2 rings (SSSR count). The number of nitrogens with one attached hydrogen (secondary N) is 1. The summed E-state index contributed by atoms with van der Waals surface area (Å²) in [6.07, 6.45) is 2.05. The highest BCUT2D eigenvalue weighted by Crippen LogP contribution is 2.28. The van der Waals surface area contributed by atoms with Crippen LogP contribution in [-0.2, 0) is 6.42 Å². The lowest BCUT2D eigenvalue weighted by atomic mass is 9.88. The van der Waals surface area contributed by atoms with Gasteiger partial charge in [0.15, 0.2) is 11.5 Å². The molecule has 0 aromatic heterocycles. The fourth-order valence-electron chi connectivity index (χ4n) is 4.13. The van der Waals surface area contributed by atoms with Gasteiger partial charge in [-0.3, -0.25) is 4.90 Å². The fourth-order valence-corrected chi connectivity index (χ4v) is 4.13. The number of benzene rings is 1. The summed E-state index contributed by atoms with van der Waals surface area (Å²) in [4.78, 5) is 16.9. The first-order valence-corrected chi connectivity index (χ1v) is 10.6. The van der Waals surface area contributed by atoms with Crippen LogP contribution in [0.1, 0.15) is 39.7 Å². The predicted molar refractivity (Wildman–Crippen MR) is 118 cm³/mol. The van der Waals surface area contributed by atoms with Crippen molar-refractivity contribution in [3.8, 4) is 11.5 Å². The van der Waals surface area contributed by atoms with Gasteiger partial charge in [0.2, 0.25) is 0 Å². The molecule has 2 atom stereocenters. The van der Waals surface area contributed by atoms with Gasteiger partial charge in [-0.1, -0.05) is 19.9 Å². The summed E-state index contributed by atoms with van der Waals surface area (Å²) >= 11 is 0. The van der Waals surface area contributed by atoms with Gasteiger partial charge >= 0.3 is 6.03 Å². The summed E-state index contributed by atoms with van der Waals surface area (Å²) in [5.74, 6) is 2.84. The molecule has 1 fully saturated rings. The van der Waals surface area contributed by atoms with Gasteiger partial charge in [-0.2, -0.15) is 0 Å². The van der Waals surface area contributed by atoms with Gasteiger partial charge < -0.3 is 19.7 Å². The minimum Gasteiger partial charge on any atom is -0.493 e. The molecule has 1 aromatic rings. The Morgan fingerprint density at radius 3 is 2.38 bits per heavy atom. The second kappa shape index (κ2) is 10.2. The molecule has 1 aromatic carbocycles. The average molecular weight is 406 g/mol. The third-order valence-electron chi connectivity index (χ3n) is 5.93. The highest BCUT2D eigenvalue weighted by Gasteiger charge is 2.33. The van der Waals surface area contributed by atoms with E-state index in [1.54, 1.807) is 19.1 Å². The minimum absolute atomic E-state index is 0.0309. The maximum Gasteiger partial charge on any atom is 0.317 e. The molecule has 0 bridgehead atoms. The molecule has 1 saturated heterocycles. The van der Waals surface area contributed by atoms with Crippen LogP contribution in [0.4, 0.5) is 4.79 Å². The van der Waals surface area contributed by atoms with Gasteiger partial charge in [0.25, 0.3) is 0 Å². The van der Waals surface area contributed by atoms with Crippen LogP contribution in [-0.4, -0.2) is 68.8 Å². The molecule has 1 heterocycles. The molecular formula is C23H39N3O3. The van der Waals surface area contributed by atoms with Crippen molar-refractivity contribution >= 4 is 6.03 Å². The van der Waals surface area contributed by atoms with Crippen LogP contribution in [0.3, 0.4) is 0 Å². The highest BCUT2D eigenvalue weighted by atomic mass is 16.5. The van der Waals surface area contributed by atoms with E-state index in [1.807, 2.05) is 25.2 Å². The first-order valence-electron chi connectivity index (χ1n) is 10.6. The van der Waals surface area contributed by atoms with E-state index in [4.69, 9.17) is 9.47 Å². The molecule has 1 aliphatic rings. The van der Waals surface area contributed by atoms with Crippen LogP contribution in [0.25, 0.3) is 0 Å². The number of hydrogen-bond acceptors (Lipinski definition) is 4. The first kappa shape index (κ1) is 23.3. The normalized spacial score (nSPS) is 20.2. The number of carbonyl (C=O) groups is 1. The van der Waals surface area contributed by atoms with Crippen molar-refractivity contribution in [3.05, 3.63) is 23.8 Å². The summed E-state index contributed by atoms with van der Waals surface area (Å²) in [6, 6.07) is 5.84. The number of likely N-dealkylation sites (tertiary alicyclic amines) is 1. The SMILES string of the molecule is COc1ccc(CCN(C)C(=O)NCC(C)(C)N2CC(C)CC(C)C2)cc1OC. The number of rotatable bonds is 8. The highest BCUT2D eigenvalue weighted by molar-refractivity contribution is 5.73. The standard InChI is InChI=1S/C23H39N3O3/c1-17-12-18(2)15-26(14-17)23(3,4)16-24-22(27)25(5)11-10-19-8-9-20(28-6)21(13-19)29-7/h8-9,13,17-18H,10-12,14-16H2,1-7H3,(H,24,27). The summed E-state index contributed by atoms with van der Waals surface area (Å²) in [5.41, 5.74) is 1.06. The zero-order valence-electron chi connectivity index (χ0n) is 19.2. The lowest BCUT2D eigenvalue weighted by Crippen LogP contribution is -2.57. The summed E-state index contributed by atoms with van der Waals surface area (Å²) < 4.78 is 10.6. The molecule has 6 heteroatoms. The quantitative estimate of drug-likeness (QED) is 0.717. The van der Waals surface area contributed by atoms with Crippen LogP contribution >= 0.6 is 0 Å². The number of carbonyl (C=O) groups excluding carboxylic acids is 1. The summed E-state index contributed by atoms with van der Waals surface area (Å²) in [7, 11) is 5.10. The number of urea groups is 1. The summed E-state index contributed by atoms with van der Waals surface area (Å²) in [5, 5.41) is 3.13. The molecule has 2 amide bonds. The Hall–Kier alpha value is -1.95. The lowest BCUT2D eigenvalue weighted by molar-refractivity contribution is 0.0466. The predicted octanol–water partition coefficient (Wildman–Crippen LogP) is 3.64. The maximum absolute atomic E-state index is 12.6. The summed E-state index contributed by atoms with van der Waals surface area (Å²) in [6.45, 7) is 12.6. The van der Waals surface area contributed by atoms with Crippen molar-refractivity contribution in [3.63, 3.8) is 0 Å². The van der Waals surface area contributed by atoms with E-state index in [9.17, 15) is 4.79 Å². The number of nitrogens with zero attached hydrogens (tertiary/aromatic N) is 2. The van der Waals surface area contributed by atoms with E-state index < -0.39 is 0 Å². The average Bonchev–Trinajstić information content (AvgIpc) is 2.69. The van der Waals surface area contributed by atoms with E-state index in [2.05, 4.69) is 37.9 Å². The molecular weight excluding hydrogens is 366 g/mol. The van der Waals surface area contributed by atoms with Crippen molar-refractivity contribution in [2.24, 2.45) is 11.8 Å². The zero-order valence-corrected chi connectivity index (χ0v) is 19.2. The molecule has 0 saturated carbocycles. The number of piperidine rings is 1. The molecule has 29 heavy (non-hydrogen) atoms. The van der Waals surface area contributed by atoms with Crippen LogP contribution < -0.4 is 14.8 Å². The molecule has 2 unspecified atom stereocenters. The van der Waals surface area contributed by atoms with Crippen LogP contribution in [0.2, 0.25) is 0 Å². The van der Waals surface area contributed by atoms with Crippen molar-refractivity contribution < 1.29 is 14.3 Å². The van der Waals surface area contributed by atoms with Crippen molar-refractivity contribution in [1.29, 1.82) is 0 Å². The topological polar surface area (TPSA) is 54.0 Å². The molecule has 1 aliphatic heterocycles. The van der Waals surface area contributed by atoms with Crippen LogP contribution in [0.5, 0.6) is 11.5 Å². The third kappa shape index (κ3) is 6.53. The van der Waals surface area contributed by atoms with Crippen molar-refractivity contribution in [2.45, 2.75) is 46.1 Å². The Labute approximate surface area is 176 Å². The Morgan fingerprint density at radius 2 is 1.79 bits per heavy atom. The Kier molecular flexibility index (Phi) is 8.20. The first-order chi connectivity index (χ1) is 13.7. The molecule has 164 valence electrons. The lowest BCUT2D eigenvalue weighted by Gasteiger charge is -2.45. The molecule has 0 radical (unpaired) electrons. The Morgan fingerprint density at radius 1 is 1.17 bits per heavy atom. The largest absolute Gasteiger partial charge is 0.493 e. The number of methoxy groups -OCH3 is 2. The maximum atomic E-state index is 12.6. The van der Waals surface area contributed by atoms with E-state index in [0.29, 0.717) is 36.4 Å². The number of amides is 2. The molecule has 6 nitrogen and oxygen atoms in total. The Balaban J connectivity index is 1.84. The molecule has 1 N–H and O–H groups in total. The van der Waals surface area contributed by atoms with Crippen molar-refractivity contribution in [1.82, 2.24) is 15.1 Å². The van der Waals surface area contributed by atoms with Gasteiger partial charge in [-0.25, -0.2) is 4.79 Å². The Bertz CT molecular complexity index is 667. The van der Waals surface area contributed by atoms with Gasteiger partial charge in [-0.05, 0) is 56.2 Å². The molecule has 0 aliphatic carbocycles. The smallest absolute Gasteiger partial charge is 0.317 e. The van der Waals surface area contributed by atoms with E-state index in [0.717, 1.165) is 25.1 Å². The monoisotopic (exact) mass is 405 g/mol. The second-order valence-electron chi connectivity index (χ2n) is 9.18. The van der Waals surface area contributed by atoms with Gasteiger partial charge in [0.1, 0.15) is 0 Å². The zero-order chi connectivity index (χ0) is 21.6. The van der Waals surface area contributed by atoms with Gasteiger partial charge in [0, 0.05) is 38.8 Å². The van der Waals surface area contributed by atoms with Crippen LogP contribution in [0.15, 0.2) is 18.2 Å². The third-order valence-corrected chi connectivity index (χ3v) is 5.93. The fraction of sp³-hybridized carbons (Fsp3) is 0.696. The second-order valence-corrected chi connectivity index (χ2v) is 9.18. The number of hydrogen-bond donors (Lipinski definition) is 1. The van der Waals surface area contributed by atoms with Gasteiger partial charge in [-0.15, -0.1) is 0 Å². The van der Waals surface area contributed by atoms with Crippen LogP contribution in [0, 0.1) is 11.8 Å².